The van der Waals surface area contributed by atoms with E-state index in [0.29, 0.717) is 11.5 Å². The summed E-state index contributed by atoms with van der Waals surface area (Å²) >= 11 is 5.10. The Labute approximate surface area is 120 Å². The zero-order valence-electron chi connectivity index (χ0n) is 11.9. The lowest BCUT2D eigenvalue weighted by Crippen LogP contribution is -2.37. The van der Waals surface area contributed by atoms with Crippen molar-refractivity contribution in [1.82, 2.24) is 4.90 Å². The molecule has 2 N–H and O–H groups in total. The predicted molar refractivity (Wildman–Crippen MR) is 83.6 cm³/mol. The molecule has 0 radical (unpaired) electrons. The van der Waals surface area contributed by atoms with Crippen LogP contribution >= 0.6 is 12.2 Å². The Kier molecular flexibility index (Phi) is 5.30. The topological polar surface area (TPSA) is 49.6 Å². The van der Waals surface area contributed by atoms with Crippen LogP contribution in [0.3, 0.4) is 0 Å². The number of nitrogens with zero attached hydrogens (tertiary/aromatic N) is 2. The Bertz CT molecular complexity index is 486. The lowest BCUT2D eigenvalue weighted by molar-refractivity contribution is -0.127. The molecule has 0 unspecified atom stereocenters. The van der Waals surface area contributed by atoms with Gasteiger partial charge in [0, 0.05) is 31.9 Å². The zero-order chi connectivity index (χ0) is 14.6. The number of rotatable bonds is 5. The van der Waals surface area contributed by atoms with E-state index in [2.05, 4.69) is 0 Å². The van der Waals surface area contributed by atoms with Crippen molar-refractivity contribution < 1.29 is 4.79 Å². The molecule has 19 heavy (non-hydrogen) atoms. The largest absolute Gasteiger partial charge is 0.389 e. The SMILES string of the molecule is CCN(CC(=O)N(C)C)c1ccc(C)cc1C(N)=S. The highest BCUT2D eigenvalue weighted by Gasteiger charge is 2.15. The summed E-state index contributed by atoms with van der Waals surface area (Å²) in [4.78, 5) is 15.8. The van der Waals surface area contributed by atoms with Crippen molar-refractivity contribution >= 4 is 28.8 Å². The summed E-state index contributed by atoms with van der Waals surface area (Å²) in [6.45, 7) is 5.04. The van der Waals surface area contributed by atoms with E-state index in [1.54, 1.807) is 19.0 Å². The fourth-order valence-electron chi connectivity index (χ4n) is 1.80. The fraction of sp³-hybridized carbons (Fsp3) is 0.429. The van der Waals surface area contributed by atoms with Gasteiger partial charge in [0.05, 0.1) is 6.54 Å². The van der Waals surface area contributed by atoms with Crippen molar-refractivity contribution in [3.8, 4) is 0 Å². The standard InChI is InChI=1S/C14H21N3OS/c1-5-17(9-13(18)16(3)4)12-7-6-10(2)8-11(12)14(15)19/h6-8H,5,9H2,1-4H3,(H2,15,19). The molecule has 0 aromatic heterocycles. The molecule has 5 heteroatoms. The van der Waals surface area contributed by atoms with Crippen LogP contribution < -0.4 is 10.6 Å². The Morgan fingerprint density at radius 2 is 2.00 bits per heavy atom. The van der Waals surface area contributed by atoms with E-state index >= 15 is 0 Å². The number of anilines is 1. The minimum Gasteiger partial charge on any atom is -0.389 e. The van der Waals surface area contributed by atoms with Crippen LogP contribution in [0.5, 0.6) is 0 Å². The van der Waals surface area contributed by atoms with E-state index in [9.17, 15) is 4.79 Å². The number of thiocarbonyl (C=S) groups is 1. The Morgan fingerprint density at radius 3 is 2.47 bits per heavy atom. The Balaban J connectivity index is 3.11. The number of amides is 1. The number of hydrogen-bond donors (Lipinski definition) is 1. The lowest BCUT2D eigenvalue weighted by Gasteiger charge is -2.26. The van der Waals surface area contributed by atoms with E-state index in [0.717, 1.165) is 23.4 Å². The average Bonchev–Trinajstić information content (AvgIpc) is 2.35. The number of carbonyl (C=O) groups excluding carboxylic acids is 1. The summed E-state index contributed by atoms with van der Waals surface area (Å²) in [5.41, 5.74) is 8.61. The first-order valence-corrected chi connectivity index (χ1v) is 6.63. The summed E-state index contributed by atoms with van der Waals surface area (Å²) in [5, 5.41) is 0. The van der Waals surface area contributed by atoms with Gasteiger partial charge in [0.1, 0.15) is 4.99 Å². The molecule has 0 spiro atoms. The molecule has 1 aromatic carbocycles. The highest BCUT2D eigenvalue weighted by molar-refractivity contribution is 7.80. The first-order valence-electron chi connectivity index (χ1n) is 6.22. The van der Waals surface area contributed by atoms with Crippen LogP contribution in [0.1, 0.15) is 18.1 Å². The molecule has 1 amide bonds. The highest BCUT2D eigenvalue weighted by atomic mass is 32.1. The van der Waals surface area contributed by atoms with Crippen LogP contribution in [-0.4, -0.2) is 43.0 Å². The second kappa shape index (κ2) is 6.52. The van der Waals surface area contributed by atoms with Crippen LogP contribution in [0, 0.1) is 6.92 Å². The van der Waals surface area contributed by atoms with Gasteiger partial charge in [-0.2, -0.15) is 0 Å². The molecule has 0 saturated heterocycles. The average molecular weight is 279 g/mol. The quantitative estimate of drug-likeness (QED) is 0.831. The highest BCUT2D eigenvalue weighted by Crippen LogP contribution is 2.22. The Morgan fingerprint density at radius 1 is 1.37 bits per heavy atom. The maximum atomic E-state index is 11.9. The van der Waals surface area contributed by atoms with Gasteiger partial charge >= 0.3 is 0 Å². The van der Waals surface area contributed by atoms with Crippen molar-refractivity contribution in [2.45, 2.75) is 13.8 Å². The number of likely N-dealkylation sites (N-methyl/N-ethyl adjacent to an activating group) is 2. The first kappa shape index (κ1) is 15.4. The van der Waals surface area contributed by atoms with E-state index < -0.39 is 0 Å². The Hall–Kier alpha value is -1.62. The van der Waals surface area contributed by atoms with Crippen molar-refractivity contribution in [3.05, 3.63) is 29.3 Å². The van der Waals surface area contributed by atoms with Gasteiger partial charge in [0.15, 0.2) is 0 Å². The fourth-order valence-corrected chi connectivity index (χ4v) is 1.96. The number of benzene rings is 1. The van der Waals surface area contributed by atoms with E-state index in [1.165, 1.54) is 0 Å². The van der Waals surface area contributed by atoms with Crippen molar-refractivity contribution in [2.75, 3.05) is 32.1 Å². The summed E-state index contributed by atoms with van der Waals surface area (Å²) in [6.07, 6.45) is 0. The second-order valence-electron chi connectivity index (χ2n) is 4.69. The van der Waals surface area contributed by atoms with Gasteiger partial charge < -0.3 is 15.5 Å². The lowest BCUT2D eigenvalue weighted by atomic mass is 10.1. The molecule has 4 nitrogen and oxygen atoms in total. The van der Waals surface area contributed by atoms with Crippen LogP contribution in [-0.2, 0) is 4.79 Å². The number of carbonyl (C=O) groups is 1. The minimum absolute atomic E-state index is 0.0521. The monoisotopic (exact) mass is 279 g/mol. The van der Waals surface area contributed by atoms with Crippen molar-refractivity contribution in [3.63, 3.8) is 0 Å². The summed E-state index contributed by atoms with van der Waals surface area (Å²) in [6, 6.07) is 5.93. The van der Waals surface area contributed by atoms with Crippen LogP contribution in [0.25, 0.3) is 0 Å². The van der Waals surface area contributed by atoms with Gasteiger partial charge in [0.25, 0.3) is 0 Å². The third kappa shape index (κ3) is 3.92. The number of aryl methyl sites for hydroxylation is 1. The van der Waals surface area contributed by atoms with Crippen molar-refractivity contribution in [1.29, 1.82) is 0 Å². The van der Waals surface area contributed by atoms with Gasteiger partial charge in [0.2, 0.25) is 5.91 Å². The molecule has 0 bridgehead atoms. The molecule has 0 aliphatic heterocycles. The van der Waals surface area contributed by atoms with Crippen LogP contribution in [0.2, 0.25) is 0 Å². The maximum absolute atomic E-state index is 11.9. The van der Waals surface area contributed by atoms with E-state index in [4.69, 9.17) is 18.0 Å². The minimum atomic E-state index is 0.0521. The van der Waals surface area contributed by atoms with Gasteiger partial charge in [-0.15, -0.1) is 0 Å². The molecular formula is C14H21N3OS. The molecule has 0 aliphatic carbocycles. The van der Waals surface area contributed by atoms with E-state index in [-0.39, 0.29) is 5.91 Å². The van der Waals surface area contributed by atoms with Gasteiger partial charge in [-0.25, -0.2) is 0 Å². The molecule has 1 rings (SSSR count). The van der Waals surface area contributed by atoms with E-state index in [1.807, 2.05) is 36.9 Å². The smallest absolute Gasteiger partial charge is 0.241 e. The predicted octanol–water partition coefficient (Wildman–Crippen LogP) is 1.54. The molecule has 0 heterocycles. The normalized spacial score (nSPS) is 10.1. The molecular weight excluding hydrogens is 258 g/mol. The molecule has 0 atom stereocenters. The molecule has 0 saturated carbocycles. The number of nitrogens with two attached hydrogens (primary N) is 1. The third-order valence-corrected chi connectivity index (χ3v) is 3.18. The van der Waals surface area contributed by atoms with Gasteiger partial charge in [-0.05, 0) is 26.0 Å². The summed E-state index contributed by atoms with van der Waals surface area (Å²) in [5.74, 6) is 0.0521. The molecule has 0 aliphatic rings. The second-order valence-corrected chi connectivity index (χ2v) is 5.13. The molecule has 104 valence electrons. The van der Waals surface area contributed by atoms with Gasteiger partial charge in [-0.1, -0.05) is 23.8 Å². The summed E-state index contributed by atoms with van der Waals surface area (Å²) in [7, 11) is 3.50. The third-order valence-electron chi connectivity index (χ3n) is 2.96. The van der Waals surface area contributed by atoms with Crippen molar-refractivity contribution in [2.24, 2.45) is 5.73 Å². The van der Waals surface area contributed by atoms with Crippen LogP contribution in [0.15, 0.2) is 18.2 Å². The van der Waals surface area contributed by atoms with Gasteiger partial charge in [-0.3, -0.25) is 4.79 Å². The van der Waals surface area contributed by atoms with Crippen LogP contribution in [0.4, 0.5) is 5.69 Å². The molecule has 1 aromatic rings. The zero-order valence-corrected chi connectivity index (χ0v) is 12.8. The maximum Gasteiger partial charge on any atom is 0.241 e. The summed E-state index contributed by atoms with van der Waals surface area (Å²) < 4.78 is 0. The number of hydrogen-bond acceptors (Lipinski definition) is 3. The first-order chi connectivity index (χ1) is 8.86. The molecule has 0 fully saturated rings.